The molecule has 0 bridgehead atoms. The molecule has 12 heteroatoms. The van der Waals surface area contributed by atoms with Gasteiger partial charge in [0.1, 0.15) is 17.2 Å². The largest absolute Gasteiger partial charge is 0.455 e. The number of nitrogens with one attached hydrogen (secondary N) is 1. The van der Waals surface area contributed by atoms with Crippen LogP contribution in [0.3, 0.4) is 0 Å². The molecule has 8 rings (SSSR count). The van der Waals surface area contributed by atoms with Gasteiger partial charge in [-0.05, 0) is 73.7 Å². The van der Waals surface area contributed by atoms with Gasteiger partial charge in [0, 0.05) is 79.6 Å². The number of pyridine rings is 2. The first kappa shape index (κ1) is 33.1. The topological polar surface area (TPSA) is 114 Å². The van der Waals surface area contributed by atoms with Crippen LogP contribution in [-0.4, -0.2) is 73.7 Å². The number of aryl methyl sites for hydroxylation is 1. The lowest BCUT2D eigenvalue weighted by Gasteiger charge is -2.39. The third-order valence-corrected chi connectivity index (χ3v) is 11.5. The van der Waals surface area contributed by atoms with E-state index < -0.39 is 10.0 Å². The summed E-state index contributed by atoms with van der Waals surface area (Å²) in [5, 5.41) is 3.77. The van der Waals surface area contributed by atoms with Gasteiger partial charge in [-0.1, -0.05) is 19.1 Å². The van der Waals surface area contributed by atoms with E-state index in [1.165, 1.54) is 17.4 Å². The summed E-state index contributed by atoms with van der Waals surface area (Å²) in [7, 11) is -0.688. The number of hydrogen-bond donors (Lipinski definition) is 1. The number of anilines is 1. The fraction of sp³-hybridized carbons (Fsp3) is 0.308. The third-order valence-electron chi connectivity index (χ3n) is 10.3. The minimum Gasteiger partial charge on any atom is -0.455 e. The van der Waals surface area contributed by atoms with Gasteiger partial charge in [0.15, 0.2) is 0 Å². The maximum atomic E-state index is 15.3. The molecule has 1 atom stereocenters. The van der Waals surface area contributed by atoms with Crippen LogP contribution < -0.4 is 9.62 Å². The first-order chi connectivity index (χ1) is 24.4. The highest BCUT2D eigenvalue weighted by Crippen LogP contribution is 2.44. The number of rotatable bonds is 8. The fourth-order valence-electron chi connectivity index (χ4n) is 7.67. The Hall–Kier alpha value is -5.07. The monoisotopic (exact) mass is 706 g/mol. The fourth-order valence-corrected chi connectivity index (χ4v) is 8.17. The number of carbonyl (C=O) groups excluding carboxylic acids is 1. The maximum Gasteiger partial charge on any atom is 0.255 e. The molecule has 2 aliphatic rings. The summed E-state index contributed by atoms with van der Waals surface area (Å²) < 4.78 is 51.0. The highest BCUT2D eigenvalue weighted by Gasteiger charge is 2.32. The van der Waals surface area contributed by atoms with Gasteiger partial charge in [-0.15, -0.1) is 0 Å². The molecule has 2 aliphatic heterocycles. The Kier molecular flexibility index (Phi) is 7.99. The van der Waals surface area contributed by atoms with Gasteiger partial charge in [-0.3, -0.25) is 14.1 Å². The van der Waals surface area contributed by atoms with Crippen LogP contribution in [0.1, 0.15) is 41.0 Å². The number of nitrogens with zero attached hydrogens (tertiary/aromatic N) is 5. The molecule has 4 aromatic heterocycles. The van der Waals surface area contributed by atoms with Crippen LogP contribution in [0.5, 0.6) is 0 Å². The normalized spacial score (nSPS) is 16.2. The predicted octanol–water partition coefficient (Wildman–Crippen LogP) is 6.82. The van der Waals surface area contributed by atoms with E-state index in [1.54, 1.807) is 31.4 Å². The SMILES string of the molecule is CNC(=O)c1c(-c2ccc(C)nc2)oc2cc(N(C)S(C)(=O)=O)c(-c3ccc4c(n3)-c3cc5c(F)cccc5n3C(CCN3CC(C)C3)C4)cc12. The van der Waals surface area contributed by atoms with Crippen molar-refractivity contribution >= 4 is 43.5 Å². The Morgan fingerprint density at radius 1 is 1.10 bits per heavy atom. The molecular weight excluding hydrogens is 668 g/mol. The molecule has 0 spiro atoms. The molecule has 262 valence electrons. The highest BCUT2D eigenvalue weighted by molar-refractivity contribution is 7.92. The maximum absolute atomic E-state index is 15.3. The van der Waals surface area contributed by atoms with E-state index in [-0.39, 0.29) is 17.8 Å². The van der Waals surface area contributed by atoms with Gasteiger partial charge in [0.05, 0.1) is 40.1 Å². The quantitative estimate of drug-likeness (QED) is 0.185. The summed E-state index contributed by atoms with van der Waals surface area (Å²) in [6.07, 6.45) is 4.43. The Balaban J connectivity index is 1.31. The Labute approximate surface area is 296 Å². The van der Waals surface area contributed by atoms with E-state index in [1.807, 2.05) is 43.3 Å². The molecule has 1 saturated heterocycles. The molecular formula is C39H39FN6O4S. The number of benzene rings is 2. The third kappa shape index (κ3) is 5.66. The van der Waals surface area contributed by atoms with Crippen molar-refractivity contribution in [3.8, 4) is 34.0 Å². The van der Waals surface area contributed by atoms with Gasteiger partial charge in [0.25, 0.3) is 5.91 Å². The number of fused-ring (bicyclic) bond motifs is 6. The Morgan fingerprint density at radius 3 is 2.61 bits per heavy atom. The van der Waals surface area contributed by atoms with E-state index in [4.69, 9.17) is 9.40 Å². The van der Waals surface area contributed by atoms with Crippen molar-refractivity contribution in [3.05, 3.63) is 89.5 Å². The average Bonchev–Trinajstić information content (AvgIpc) is 3.68. The van der Waals surface area contributed by atoms with Crippen LogP contribution >= 0.6 is 0 Å². The van der Waals surface area contributed by atoms with E-state index >= 15 is 4.39 Å². The Bertz CT molecular complexity index is 2470. The van der Waals surface area contributed by atoms with Crippen LogP contribution in [0, 0.1) is 18.7 Å². The molecule has 0 aliphatic carbocycles. The van der Waals surface area contributed by atoms with Crippen molar-refractivity contribution in [1.82, 2.24) is 24.8 Å². The first-order valence-corrected chi connectivity index (χ1v) is 19.0. The van der Waals surface area contributed by atoms with Crippen LogP contribution in [0.2, 0.25) is 0 Å². The number of halogens is 1. The molecule has 0 saturated carbocycles. The number of hydrogen-bond acceptors (Lipinski definition) is 7. The zero-order valence-electron chi connectivity index (χ0n) is 29.2. The molecule has 2 aromatic carbocycles. The zero-order valence-corrected chi connectivity index (χ0v) is 30.0. The Morgan fingerprint density at radius 2 is 1.90 bits per heavy atom. The van der Waals surface area contributed by atoms with Crippen molar-refractivity contribution in [2.24, 2.45) is 5.92 Å². The molecule has 6 heterocycles. The number of aromatic nitrogens is 3. The predicted molar refractivity (Wildman–Crippen MR) is 198 cm³/mol. The summed E-state index contributed by atoms with van der Waals surface area (Å²) in [4.78, 5) is 25.5. The summed E-state index contributed by atoms with van der Waals surface area (Å²) in [5.41, 5.74) is 6.83. The van der Waals surface area contributed by atoms with E-state index in [2.05, 4.69) is 26.7 Å². The molecule has 6 aromatic rings. The van der Waals surface area contributed by atoms with Crippen molar-refractivity contribution in [2.75, 3.05) is 44.3 Å². The van der Waals surface area contributed by atoms with Crippen molar-refractivity contribution in [1.29, 1.82) is 0 Å². The summed E-state index contributed by atoms with van der Waals surface area (Å²) in [6.45, 7) is 7.29. The summed E-state index contributed by atoms with van der Waals surface area (Å²) >= 11 is 0. The molecule has 1 unspecified atom stereocenters. The van der Waals surface area contributed by atoms with Crippen LogP contribution in [0.25, 0.3) is 55.8 Å². The van der Waals surface area contributed by atoms with Gasteiger partial charge in [-0.25, -0.2) is 17.8 Å². The molecule has 51 heavy (non-hydrogen) atoms. The van der Waals surface area contributed by atoms with Crippen molar-refractivity contribution in [2.45, 2.75) is 32.7 Å². The summed E-state index contributed by atoms with van der Waals surface area (Å²) in [6, 6.07) is 18.2. The minimum absolute atomic E-state index is 0.120. The van der Waals surface area contributed by atoms with Gasteiger partial charge >= 0.3 is 0 Å². The number of amides is 1. The lowest BCUT2D eigenvalue weighted by atomic mass is 9.93. The van der Waals surface area contributed by atoms with Crippen molar-refractivity contribution in [3.63, 3.8) is 0 Å². The zero-order chi connectivity index (χ0) is 35.8. The second kappa shape index (κ2) is 12.3. The molecule has 1 fully saturated rings. The van der Waals surface area contributed by atoms with E-state index in [9.17, 15) is 13.2 Å². The minimum atomic E-state index is -3.72. The lowest BCUT2D eigenvalue weighted by molar-refractivity contribution is 0.0964. The second-order valence-corrected chi connectivity index (χ2v) is 16.0. The number of likely N-dealkylation sites (tertiary alicyclic amines) is 1. The summed E-state index contributed by atoms with van der Waals surface area (Å²) in [5.74, 6) is 0.392. The standard InChI is InChI=1S/C39H39FN6O4S/c1-22-20-45(21-22)14-13-26-15-24-11-12-31(43-37(24)34-17-27-30(40)7-6-8-32(27)46(26)34)28-16-29-35(18-33(28)44(4)51(5,48)49)50-38(36(29)39(47)41-3)25-10-9-23(2)42-19-25/h6-12,16-19,22,26H,13-15,20-21H2,1-5H3,(H,41,47). The van der Waals surface area contributed by atoms with E-state index in [0.29, 0.717) is 56.1 Å². The second-order valence-electron chi connectivity index (χ2n) is 14.0. The first-order valence-electron chi connectivity index (χ1n) is 17.1. The van der Waals surface area contributed by atoms with Gasteiger partial charge in [0.2, 0.25) is 10.0 Å². The molecule has 0 radical (unpaired) electrons. The average molecular weight is 707 g/mol. The molecule has 1 amide bonds. The lowest BCUT2D eigenvalue weighted by Crippen LogP contribution is -2.45. The number of furan rings is 1. The van der Waals surface area contributed by atoms with Crippen molar-refractivity contribution < 1.29 is 22.0 Å². The van der Waals surface area contributed by atoms with Crippen LogP contribution in [0.4, 0.5) is 10.1 Å². The van der Waals surface area contributed by atoms with Gasteiger partial charge in [-0.2, -0.15) is 0 Å². The van der Waals surface area contributed by atoms with Crippen LogP contribution in [-0.2, 0) is 16.4 Å². The number of carbonyl (C=O) groups is 1. The molecule has 10 nitrogen and oxygen atoms in total. The highest BCUT2D eigenvalue weighted by atomic mass is 32.2. The molecule has 1 N–H and O–H groups in total. The van der Waals surface area contributed by atoms with Crippen LogP contribution in [0.15, 0.2) is 71.3 Å². The number of sulfonamides is 1. The smallest absolute Gasteiger partial charge is 0.255 e. The van der Waals surface area contributed by atoms with Gasteiger partial charge < -0.3 is 19.2 Å². The van der Waals surface area contributed by atoms with E-state index in [0.717, 1.165) is 66.9 Å².